The smallest absolute Gasteiger partial charge is 0.228 e. The minimum atomic E-state index is -3.41. The van der Waals surface area contributed by atoms with E-state index in [0.717, 1.165) is 12.8 Å². The first-order valence-corrected chi connectivity index (χ1v) is 6.84. The van der Waals surface area contributed by atoms with Crippen molar-refractivity contribution in [1.29, 1.82) is 0 Å². The molecule has 0 spiro atoms. The van der Waals surface area contributed by atoms with Gasteiger partial charge in [0, 0.05) is 12.6 Å². The molecule has 4 nitrogen and oxygen atoms in total. The molecule has 0 aliphatic rings. The van der Waals surface area contributed by atoms with Crippen molar-refractivity contribution in [2.75, 3.05) is 18.4 Å². The molecule has 14 heavy (non-hydrogen) atoms. The van der Waals surface area contributed by atoms with Crippen molar-refractivity contribution >= 4 is 21.6 Å². The third-order valence-corrected chi connectivity index (χ3v) is 4.46. The number of aliphatic hydroxyl groups is 1. The van der Waals surface area contributed by atoms with Gasteiger partial charge in [-0.15, -0.1) is 11.6 Å². The van der Waals surface area contributed by atoms with E-state index >= 15 is 0 Å². The second-order valence-electron chi connectivity index (χ2n) is 3.03. The van der Waals surface area contributed by atoms with E-state index in [2.05, 4.69) is 0 Å². The van der Waals surface area contributed by atoms with Crippen molar-refractivity contribution in [3.8, 4) is 0 Å². The molecule has 0 aromatic heterocycles. The largest absolute Gasteiger partial charge is 0.395 e. The summed E-state index contributed by atoms with van der Waals surface area (Å²) in [4.78, 5) is 0. The summed E-state index contributed by atoms with van der Waals surface area (Å²) in [6.45, 7) is 3.79. The molecule has 0 aliphatic heterocycles. The Labute approximate surface area is 90.9 Å². The lowest BCUT2D eigenvalue weighted by molar-refractivity contribution is 0.220. The maximum absolute atomic E-state index is 11.5. The zero-order valence-corrected chi connectivity index (χ0v) is 10.2. The van der Waals surface area contributed by atoms with E-state index in [1.807, 2.05) is 13.8 Å². The van der Waals surface area contributed by atoms with Crippen LogP contribution in [-0.2, 0) is 10.0 Å². The van der Waals surface area contributed by atoms with Gasteiger partial charge in [-0.1, -0.05) is 13.8 Å². The zero-order valence-electron chi connectivity index (χ0n) is 8.61. The summed E-state index contributed by atoms with van der Waals surface area (Å²) in [6, 6.07) is -0.0640. The normalized spacial score (nSPS) is 12.7. The molecular formula is C8H18ClNO3S. The first-order valence-electron chi connectivity index (χ1n) is 4.69. The first-order chi connectivity index (χ1) is 6.53. The van der Waals surface area contributed by atoms with Crippen LogP contribution in [0, 0.1) is 0 Å². The Bertz CT molecular complexity index is 239. The van der Waals surface area contributed by atoms with E-state index in [9.17, 15) is 8.42 Å². The topological polar surface area (TPSA) is 57.6 Å². The van der Waals surface area contributed by atoms with E-state index in [4.69, 9.17) is 16.7 Å². The van der Waals surface area contributed by atoms with Crippen LogP contribution in [0.25, 0.3) is 0 Å². The second-order valence-corrected chi connectivity index (χ2v) is 5.53. The van der Waals surface area contributed by atoms with Crippen LogP contribution in [0.5, 0.6) is 0 Å². The molecule has 0 amide bonds. The third kappa shape index (κ3) is 3.73. The Morgan fingerprint density at radius 1 is 1.36 bits per heavy atom. The van der Waals surface area contributed by atoms with E-state index in [1.54, 1.807) is 0 Å². The minimum absolute atomic E-state index is 0.0640. The molecule has 6 heteroatoms. The number of hydrogen-bond acceptors (Lipinski definition) is 3. The summed E-state index contributed by atoms with van der Waals surface area (Å²) in [6.07, 6.45) is 1.46. The van der Waals surface area contributed by atoms with E-state index in [0.29, 0.717) is 0 Å². The van der Waals surface area contributed by atoms with Crippen molar-refractivity contribution in [3.63, 3.8) is 0 Å². The average Bonchev–Trinajstić information content (AvgIpc) is 2.18. The molecule has 0 bridgehead atoms. The highest BCUT2D eigenvalue weighted by Crippen LogP contribution is 2.14. The molecule has 0 rings (SSSR count). The van der Waals surface area contributed by atoms with Gasteiger partial charge in [0.1, 0.15) is 5.21 Å². The van der Waals surface area contributed by atoms with Crippen LogP contribution in [0.1, 0.15) is 26.7 Å². The molecule has 0 aliphatic carbocycles. The lowest BCUT2D eigenvalue weighted by atomic mass is 10.2. The number of nitrogens with zero attached hydrogens (tertiary/aromatic N) is 1. The van der Waals surface area contributed by atoms with Gasteiger partial charge in [0.25, 0.3) is 0 Å². The van der Waals surface area contributed by atoms with Gasteiger partial charge in [-0.05, 0) is 12.8 Å². The monoisotopic (exact) mass is 243 g/mol. The van der Waals surface area contributed by atoms with Gasteiger partial charge in [-0.2, -0.15) is 4.31 Å². The van der Waals surface area contributed by atoms with Crippen molar-refractivity contribution < 1.29 is 13.5 Å². The summed E-state index contributed by atoms with van der Waals surface area (Å²) in [5.74, 6) is 0. The SMILES string of the molecule is CCC(CC)N(CCO)S(=O)(=O)CCl. The van der Waals surface area contributed by atoms with Gasteiger partial charge < -0.3 is 5.11 Å². The van der Waals surface area contributed by atoms with Gasteiger partial charge in [-0.25, -0.2) is 8.42 Å². The van der Waals surface area contributed by atoms with E-state index < -0.39 is 15.2 Å². The Hall–Kier alpha value is 0.160. The van der Waals surface area contributed by atoms with Crippen LogP contribution < -0.4 is 0 Å². The van der Waals surface area contributed by atoms with Crippen LogP contribution in [0.15, 0.2) is 0 Å². The summed E-state index contributed by atoms with van der Waals surface area (Å²) in [5.41, 5.74) is 0. The molecule has 0 aromatic carbocycles. The summed E-state index contributed by atoms with van der Waals surface area (Å²) in [5, 5.41) is 8.36. The molecular weight excluding hydrogens is 226 g/mol. The summed E-state index contributed by atoms with van der Waals surface area (Å²) >= 11 is 5.37. The van der Waals surface area contributed by atoms with Crippen molar-refractivity contribution in [1.82, 2.24) is 4.31 Å². The lowest BCUT2D eigenvalue weighted by Crippen LogP contribution is -2.41. The molecule has 1 N–H and O–H groups in total. The van der Waals surface area contributed by atoms with Crippen LogP contribution in [0.3, 0.4) is 0 Å². The van der Waals surface area contributed by atoms with Gasteiger partial charge in [0.2, 0.25) is 10.0 Å². The van der Waals surface area contributed by atoms with Crippen LogP contribution in [0.2, 0.25) is 0 Å². The van der Waals surface area contributed by atoms with Crippen LogP contribution in [-0.4, -0.2) is 42.2 Å². The number of aliphatic hydroxyl groups excluding tert-OH is 1. The quantitative estimate of drug-likeness (QED) is 0.679. The predicted molar refractivity (Wildman–Crippen MR) is 57.8 cm³/mol. The maximum atomic E-state index is 11.5. The number of rotatable bonds is 7. The van der Waals surface area contributed by atoms with E-state index in [-0.39, 0.29) is 19.2 Å². The Balaban J connectivity index is 4.74. The molecule has 0 heterocycles. The molecule has 0 unspecified atom stereocenters. The average molecular weight is 244 g/mol. The molecule has 0 aromatic rings. The van der Waals surface area contributed by atoms with Gasteiger partial charge in [-0.3, -0.25) is 0 Å². The molecule has 0 atom stereocenters. The molecule has 86 valence electrons. The first kappa shape index (κ1) is 14.2. The van der Waals surface area contributed by atoms with Gasteiger partial charge in [0.15, 0.2) is 0 Å². The number of sulfonamides is 1. The Kier molecular flexibility index (Phi) is 6.68. The van der Waals surface area contributed by atoms with Gasteiger partial charge in [0.05, 0.1) is 6.61 Å². The fraction of sp³-hybridized carbons (Fsp3) is 1.00. The van der Waals surface area contributed by atoms with E-state index in [1.165, 1.54) is 4.31 Å². The highest BCUT2D eigenvalue weighted by molar-refractivity contribution is 7.90. The third-order valence-electron chi connectivity index (χ3n) is 2.17. The molecule has 0 saturated heterocycles. The number of alkyl halides is 1. The predicted octanol–water partition coefficient (Wildman–Crippen LogP) is 0.995. The molecule has 0 radical (unpaired) electrons. The Morgan fingerprint density at radius 2 is 1.86 bits per heavy atom. The second kappa shape index (κ2) is 6.61. The van der Waals surface area contributed by atoms with Crippen LogP contribution in [0.4, 0.5) is 0 Å². The standard InChI is InChI=1S/C8H18ClNO3S/c1-3-8(4-2)10(5-6-11)14(12,13)7-9/h8,11H,3-7H2,1-2H3. The zero-order chi connectivity index (χ0) is 11.2. The highest BCUT2D eigenvalue weighted by atomic mass is 35.5. The number of hydrogen-bond donors (Lipinski definition) is 1. The van der Waals surface area contributed by atoms with Gasteiger partial charge >= 0.3 is 0 Å². The fourth-order valence-electron chi connectivity index (χ4n) is 1.41. The summed E-state index contributed by atoms with van der Waals surface area (Å²) in [7, 11) is -3.41. The van der Waals surface area contributed by atoms with Crippen molar-refractivity contribution in [2.24, 2.45) is 0 Å². The number of halogens is 1. The minimum Gasteiger partial charge on any atom is -0.395 e. The molecule has 0 fully saturated rings. The highest BCUT2D eigenvalue weighted by Gasteiger charge is 2.26. The lowest BCUT2D eigenvalue weighted by Gasteiger charge is -2.27. The maximum Gasteiger partial charge on any atom is 0.228 e. The van der Waals surface area contributed by atoms with Crippen molar-refractivity contribution in [2.45, 2.75) is 32.7 Å². The fourth-order valence-corrected chi connectivity index (χ4v) is 3.02. The van der Waals surface area contributed by atoms with Crippen LogP contribution >= 0.6 is 11.6 Å². The Morgan fingerprint density at radius 3 is 2.14 bits per heavy atom. The summed E-state index contributed by atoms with van der Waals surface area (Å²) < 4.78 is 24.4. The molecule has 0 saturated carbocycles. The van der Waals surface area contributed by atoms with Crippen molar-refractivity contribution in [3.05, 3.63) is 0 Å².